The molecule has 2 nitrogen and oxygen atoms in total. The summed E-state index contributed by atoms with van der Waals surface area (Å²) >= 11 is 12.5. The first-order valence-electron chi connectivity index (χ1n) is 5.07. The molecular formula is C12H11ClN2S2. The van der Waals surface area contributed by atoms with Crippen LogP contribution < -0.4 is 5.73 Å². The van der Waals surface area contributed by atoms with Crippen LogP contribution in [-0.4, -0.2) is 9.97 Å². The first-order valence-corrected chi connectivity index (χ1v) is 6.67. The van der Waals surface area contributed by atoms with Gasteiger partial charge in [0.15, 0.2) is 0 Å². The first-order chi connectivity index (χ1) is 8.06. The van der Waals surface area contributed by atoms with Gasteiger partial charge in [0.1, 0.15) is 4.99 Å². The Labute approximate surface area is 114 Å². The number of benzene rings is 1. The largest absolute Gasteiger partial charge is 0.389 e. The van der Waals surface area contributed by atoms with Crippen LogP contribution in [0, 0.1) is 6.92 Å². The third kappa shape index (κ3) is 3.03. The maximum Gasteiger partial charge on any atom is 0.116 e. The molecule has 0 aliphatic carbocycles. The molecule has 0 unspecified atom stereocenters. The van der Waals surface area contributed by atoms with Gasteiger partial charge in [-0.25, -0.2) is 4.98 Å². The topological polar surface area (TPSA) is 38.9 Å². The summed E-state index contributed by atoms with van der Waals surface area (Å²) in [7, 11) is 0. The SMILES string of the molecule is Cc1nc(Cc2cccc(Cl)c2)sc1C(N)=S. The van der Waals surface area contributed by atoms with E-state index in [1.54, 1.807) is 11.3 Å². The Morgan fingerprint density at radius 1 is 1.53 bits per heavy atom. The van der Waals surface area contributed by atoms with Crippen LogP contribution in [0.25, 0.3) is 0 Å². The van der Waals surface area contributed by atoms with E-state index in [-0.39, 0.29) is 0 Å². The molecule has 5 heteroatoms. The van der Waals surface area contributed by atoms with E-state index in [4.69, 9.17) is 29.6 Å². The first kappa shape index (κ1) is 12.5. The zero-order valence-electron chi connectivity index (χ0n) is 9.24. The third-order valence-electron chi connectivity index (χ3n) is 2.31. The van der Waals surface area contributed by atoms with Crippen molar-refractivity contribution in [3.8, 4) is 0 Å². The molecule has 0 amide bonds. The zero-order valence-corrected chi connectivity index (χ0v) is 11.6. The van der Waals surface area contributed by atoms with E-state index in [9.17, 15) is 0 Å². The van der Waals surface area contributed by atoms with Gasteiger partial charge in [-0.1, -0.05) is 36.0 Å². The quantitative estimate of drug-likeness (QED) is 0.878. The van der Waals surface area contributed by atoms with Crippen molar-refractivity contribution in [3.63, 3.8) is 0 Å². The number of hydrogen-bond donors (Lipinski definition) is 1. The maximum absolute atomic E-state index is 5.94. The Kier molecular flexibility index (Phi) is 3.76. The number of rotatable bonds is 3. The number of nitrogens with zero attached hydrogens (tertiary/aromatic N) is 1. The minimum atomic E-state index is 0.414. The number of halogens is 1. The standard InChI is InChI=1S/C12H11ClN2S2/c1-7-11(12(14)16)17-10(15-7)6-8-3-2-4-9(13)5-8/h2-5H,6H2,1H3,(H2,14,16). The Balaban J connectivity index is 2.25. The summed E-state index contributed by atoms with van der Waals surface area (Å²) in [6.45, 7) is 1.92. The molecule has 0 aliphatic rings. The van der Waals surface area contributed by atoms with E-state index >= 15 is 0 Å². The smallest absolute Gasteiger partial charge is 0.116 e. The van der Waals surface area contributed by atoms with E-state index in [1.165, 1.54) is 0 Å². The van der Waals surface area contributed by atoms with Gasteiger partial charge in [-0.05, 0) is 24.6 Å². The lowest BCUT2D eigenvalue weighted by Gasteiger charge is -1.98. The molecule has 1 aromatic heterocycles. The predicted molar refractivity (Wildman–Crippen MR) is 77.0 cm³/mol. The molecule has 2 aromatic rings. The highest BCUT2D eigenvalue weighted by atomic mass is 35.5. The van der Waals surface area contributed by atoms with Gasteiger partial charge < -0.3 is 5.73 Å². The maximum atomic E-state index is 5.94. The molecule has 0 saturated carbocycles. The van der Waals surface area contributed by atoms with Crippen molar-refractivity contribution < 1.29 is 0 Å². The van der Waals surface area contributed by atoms with Gasteiger partial charge in [-0.15, -0.1) is 11.3 Å². The van der Waals surface area contributed by atoms with Gasteiger partial charge in [0.2, 0.25) is 0 Å². The van der Waals surface area contributed by atoms with Crippen molar-refractivity contribution in [2.24, 2.45) is 5.73 Å². The highest BCUT2D eigenvalue weighted by molar-refractivity contribution is 7.81. The van der Waals surface area contributed by atoms with Crippen molar-refractivity contribution in [2.75, 3.05) is 0 Å². The van der Waals surface area contributed by atoms with E-state index < -0.39 is 0 Å². The molecule has 0 aliphatic heterocycles. The van der Waals surface area contributed by atoms with Gasteiger partial charge >= 0.3 is 0 Å². The molecule has 17 heavy (non-hydrogen) atoms. The summed E-state index contributed by atoms with van der Waals surface area (Å²) in [6.07, 6.45) is 0.759. The van der Waals surface area contributed by atoms with Gasteiger partial charge in [0, 0.05) is 11.4 Å². The molecule has 0 radical (unpaired) electrons. The van der Waals surface area contributed by atoms with Crippen molar-refractivity contribution in [2.45, 2.75) is 13.3 Å². The summed E-state index contributed by atoms with van der Waals surface area (Å²) < 4.78 is 0. The average molecular weight is 283 g/mol. The molecule has 0 saturated heterocycles. The van der Waals surface area contributed by atoms with E-state index in [0.717, 1.165) is 32.6 Å². The van der Waals surface area contributed by atoms with E-state index in [0.29, 0.717) is 4.99 Å². The van der Waals surface area contributed by atoms with Gasteiger partial charge in [0.25, 0.3) is 0 Å². The minimum Gasteiger partial charge on any atom is -0.389 e. The van der Waals surface area contributed by atoms with Crippen LogP contribution >= 0.6 is 35.2 Å². The number of aromatic nitrogens is 1. The molecule has 0 atom stereocenters. The second-order valence-corrected chi connectivity index (χ2v) is 5.65. The Morgan fingerprint density at radius 3 is 2.88 bits per heavy atom. The summed E-state index contributed by atoms with van der Waals surface area (Å²) in [5.74, 6) is 0. The zero-order chi connectivity index (χ0) is 12.4. The van der Waals surface area contributed by atoms with Crippen molar-refractivity contribution in [1.29, 1.82) is 0 Å². The lowest BCUT2D eigenvalue weighted by Crippen LogP contribution is -2.08. The summed E-state index contributed by atoms with van der Waals surface area (Å²) in [4.78, 5) is 5.78. The fourth-order valence-electron chi connectivity index (χ4n) is 1.58. The van der Waals surface area contributed by atoms with Crippen LogP contribution in [0.1, 0.15) is 21.1 Å². The van der Waals surface area contributed by atoms with Gasteiger partial charge in [-0.2, -0.15) is 0 Å². The number of hydrogen-bond acceptors (Lipinski definition) is 3. The molecular weight excluding hydrogens is 272 g/mol. The van der Waals surface area contributed by atoms with Crippen LogP contribution in [0.3, 0.4) is 0 Å². The van der Waals surface area contributed by atoms with Crippen LogP contribution in [-0.2, 0) is 6.42 Å². The predicted octanol–water partition coefficient (Wildman–Crippen LogP) is 3.33. The van der Waals surface area contributed by atoms with Crippen molar-refractivity contribution in [1.82, 2.24) is 4.98 Å². The van der Waals surface area contributed by atoms with Crippen LogP contribution in [0.2, 0.25) is 5.02 Å². The Bertz CT molecular complexity index is 563. The molecule has 2 N–H and O–H groups in total. The summed E-state index contributed by atoms with van der Waals surface area (Å²) in [5.41, 5.74) is 7.67. The van der Waals surface area contributed by atoms with E-state index in [1.807, 2.05) is 31.2 Å². The highest BCUT2D eigenvalue weighted by Gasteiger charge is 2.10. The van der Waals surface area contributed by atoms with Gasteiger partial charge in [0.05, 0.1) is 15.6 Å². The summed E-state index contributed by atoms with van der Waals surface area (Å²) in [6, 6.07) is 7.77. The fraction of sp³-hybridized carbons (Fsp3) is 0.167. The molecule has 1 heterocycles. The second-order valence-electron chi connectivity index (χ2n) is 3.69. The normalized spacial score (nSPS) is 10.5. The van der Waals surface area contributed by atoms with E-state index in [2.05, 4.69) is 4.98 Å². The molecule has 0 fully saturated rings. The highest BCUT2D eigenvalue weighted by Crippen LogP contribution is 2.21. The molecule has 0 bridgehead atoms. The van der Waals surface area contributed by atoms with Gasteiger partial charge in [-0.3, -0.25) is 0 Å². The summed E-state index contributed by atoms with van der Waals surface area (Å²) in [5, 5.41) is 1.75. The van der Waals surface area contributed by atoms with Crippen LogP contribution in [0.4, 0.5) is 0 Å². The van der Waals surface area contributed by atoms with Crippen molar-refractivity contribution >= 4 is 40.1 Å². The molecule has 1 aromatic carbocycles. The number of thiocarbonyl (C=S) groups is 1. The molecule has 2 rings (SSSR count). The Morgan fingerprint density at radius 2 is 2.29 bits per heavy atom. The van der Waals surface area contributed by atoms with Crippen LogP contribution in [0.5, 0.6) is 0 Å². The molecule has 0 spiro atoms. The minimum absolute atomic E-state index is 0.414. The van der Waals surface area contributed by atoms with Crippen molar-refractivity contribution in [3.05, 3.63) is 50.4 Å². The van der Waals surface area contributed by atoms with Crippen LogP contribution in [0.15, 0.2) is 24.3 Å². The fourth-order valence-corrected chi connectivity index (χ4v) is 3.01. The second kappa shape index (κ2) is 5.12. The number of thiazole rings is 1. The molecule has 88 valence electrons. The Hall–Kier alpha value is -0.970. The lowest BCUT2D eigenvalue weighted by atomic mass is 10.2. The average Bonchev–Trinajstić information content (AvgIpc) is 2.59. The third-order valence-corrected chi connectivity index (χ3v) is 4.07. The monoisotopic (exact) mass is 282 g/mol. The number of aryl methyl sites for hydroxylation is 1. The number of nitrogens with two attached hydrogens (primary N) is 1. The lowest BCUT2D eigenvalue weighted by molar-refractivity contribution is 1.10.